The summed E-state index contributed by atoms with van der Waals surface area (Å²) in [6.45, 7) is 5.01. The second kappa shape index (κ2) is 8.98. The molecule has 0 heterocycles. The molecule has 0 aromatic heterocycles. The van der Waals surface area contributed by atoms with E-state index in [0.717, 1.165) is 22.3 Å². The first-order chi connectivity index (χ1) is 14.3. The van der Waals surface area contributed by atoms with Crippen molar-refractivity contribution in [1.29, 1.82) is 0 Å². The number of carboxylic acid groups (broad SMARTS) is 1. The van der Waals surface area contributed by atoms with Crippen molar-refractivity contribution in [3.05, 3.63) is 59.7 Å². The Labute approximate surface area is 175 Å². The van der Waals surface area contributed by atoms with Crippen LogP contribution < -0.4 is 10.6 Å². The molecular weight excluding hydrogens is 384 g/mol. The van der Waals surface area contributed by atoms with Gasteiger partial charge in [0.2, 0.25) is 5.91 Å². The zero-order valence-electron chi connectivity index (χ0n) is 17.2. The molecule has 30 heavy (non-hydrogen) atoms. The largest absolute Gasteiger partial charge is 0.480 e. The number of nitrogens with one attached hydrogen (secondary N) is 2. The molecule has 2 aromatic carbocycles. The molecule has 0 spiro atoms. The molecule has 158 valence electrons. The fraction of sp³-hybridized carbons (Fsp3) is 0.348. The van der Waals surface area contributed by atoms with Crippen LogP contribution in [0.15, 0.2) is 48.5 Å². The molecule has 0 saturated carbocycles. The average molecular weight is 410 g/mol. The van der Waals surface area contributed by atoms with Crippen LogP contribution >= 0.6 is 0 Å². The second-order valence-corrected chi connectivity index (χ2v) is 7.76. The quantitative estimate of drug-likeness (QED) is 0.650. The Morgan fingerprint density at radius 3 is 1.97 bits per heavy atom. The van der Waals surface area contributed by atoms with Crippen LogP contribution in [-0.4, -0.2) is 41.8 Å². The van der Waals surface area contributed by atoms with Gasteiger partial charge in [0.1, 0.15) is 18.7 Å². The Morgan fingerprint density at radius 2 is 1.47 bits per heavy atom. The van der Waals surface area contributed by atoms with Crippen molar-refractivity contribution in [3.8, 4) is 11.1 Å². The Balaban J connectivity index is 1.60. The van der Waals surface area contributed by atoms with Gasteiger partial charge in [-0.1, -0.05) is 62.4 Å². The van der Waals surface area contributed by atoms with E-state index in [1.54, 1.807) is 13.8 Å². The zero-order valence-corrected chi connectivity index (χ0v) is 17.2. The lowest BCUT2D eigenvalue weighted by atomic mass is 9.98. The molecule has 7 heteroatoms. The number of aliphatic carboxylic acids is 1. The van der Waals surface area contributed by atoms with E-state index >= 15 is 0 Å². The van der Waals surface area contributed by atoms with Gasteiger partial charge in [-0.3, -0.25) is 4.79 Å². The number of rotatable bonds is 7. The number of benzene rings is 2. The van der Waals surface area contributed by atoms with Crippen LogP contribution in [0, 0.1) is 5.92 Å². The number of carbonyl (C=O) groups excluding carboxylic acids is 2. The van der Waals surface area contributed by atoms with Gasteiger partial charge in [-0.25, -0.2) is 9.59 Å². The van der Waals surface area contributed by atoms with E-state index in [1.807, 2.05) is 48.5 Å². The van der Waals surface area contributed by atoms with Crippen LogP contribution in [-0.2, 0) is 14.3 Å². The molecule has 2 aromatic rings. The number of fused-ring (bicyclic) bond motifs is 3. The normalized spacial score (nSPS) is 14.4. The standard InChI is InChI=1S/C23H26N2O5/c1-13(2)20(22(27)28)25-21(26)14(3)24-23(29)30-12-19-17-10-6-4-8-15(17)16-9-5-7-11-18(16)19/h4-11,13-14,19-20H,12H2,1-3H3,(H,24,29)(H,25,26)(H,27,28)/t14-,20+/m0/s1. The number of ether oxygens (including phenoxy) is 1. The molecular formula is C23H26N2O5. The molecule has 1 aliphatic rings. The predicted octanol–water partition coefficient (Wildman–Crippen LogP) is 3.14. The first-order valence-corrected chi connectivity index (χ1v) is 9.94. The summed E-state index contributed by atoms with van der Waals surface area (Å²) in [7, 11) is 0. The summed E-state index contributed by atoms with van der Waals surface area (Å²) in [6.07, 6.45) is -0.726. The van der Waals surface area contributed by atoms with Gasteiger partial charge in [0, 0.05) is 5.92 Å². The minimum Gasteiger partial charge on any atom is -0.480 e. The summed E-state index contributed by atoms with van der Waals surface area (Å²) in [5.41, 5.74) is 4.45. The lowest BCUT2D eigenvalue weighted by Gasteiger charge is -2.21. The molecule has 7 nitrogen and oxygen atoms in total. The van der Waals surface area contributed by atoms with Crippen molar-refractivity contribution in [1.82, 2.24) is 10.6 Å². The highest BCUT2D eigenvalue weighted by Gasteiger charge is 2.30. The Kier molecular flexibility index (Phi) is 6.40. The highest BCUT2D eigenvalue weighted by Crippen LogP contribution is 2.44. The number of hydrogen-bond donors (Lipinski definition) is 3. The van der Waals surface area contributed by atoms with Crippen LogP contribution in [0.3, 0.4) is 0 Å². The van der Waals surface area contributed by atoms with Crippen molar-refractivity contribution in [2.45, 2.75) is 38.8 Å². The Hall–Kier alpha value is -3.35. The summed E-state index contributed by atoms with van der Waals surface area (Å²) in [5, 5.41) is 14.1. The van der Waals surface area contributed by atoms with E-state index in [9.17, 15) is 19.5 Å². The summed E-state index contributed by atoms with van der Waals surface area (Å²) in [4.78, 5) is 35.7. The van der Waals surface area contributed by atoms with Crippen LogP contribution in [0.2, 0.25) is 0 Å². The molecule has 0 saturated heterocycles. The molecule has 3 N–H and O–H groups in total. The van der Waals surface area contributed by atoms with Gasteiger partial charge in [-0.15, -0.1) is 0 Å². The molecule has 0 aliphatic heterocycles. The van der Waals surface area contributed by atoms with Gasteiger partial charge in [-0.05, 0) is 35.1 Å². The number of hydrogen-bond acceptors (Lipinski definition) is 4. The van der Waals surface area contributed by atoms with Gasteiger partial charge in [0.05, 0.1) is 0 Å². The van der Waals surface area contributed by atoms with Gasteiger partial charge in [0.25, 0.3) is 0 Å². The van der Waals surface area contributed by atoms with Gasteiger partial charge in [0.15, 0.2) is 0 Å². The molecule has 2 atom stereocenters. The maximum absolute atomic E-state index is 12.3. The van der Waals surface area contributed by atoms with Crippen LogP contribution in [0.4, 0.5) is 4.79 Å². The molecule has 3 rings (SSSR count). The van der Waals surface area contributed by atoms with Gasteiger partial charge < -0.3 is 20.5 Å². The fourth-order valence-electron chi connectivity index (χ4n) is 3.67. The lowest BCUT2D eigenvalue weighted by Crippen LogP contribution is -2.52. The van der Waals surface area contributed by atoms with E-state index in [0.29, 0.717) is 0 Å². The first kappa shape index (κ1) is 21.4. The molecule has 0 bridgehead atoms. The molecule has 1 aliphatic carbocycles. The third kappa shape index (κ3) is 4.45. The maximum atomic E-state index is 12.3. The Morgan fingerprint density at radius 1 is 0.933 bits per heavy atom. The van der Waals surface area contributed by atoms with E-state index in [-0.39, 0.29) is 18.4 Å². The van der Waals surface area contributed by atoms with Crippen molar-refractivity contribution in [3.63, 3.8) is 0 Å². The number of carbonyl (C=O) groups is 3. The Bertz CT molecular complexity index is 911. The molecule has 0 radical (unpaired) electrons. The lowest BCUT2D eigenvalue weighted by molar-refractivity contribution is -0.143. The number of amides is 2. The molecule has 0 unspecified atom stereocenters. The zero-order chi connectivity index (χ0) is 21.8. The fourth-order valence-corrected chi connectivity index (χ4v) is 3.67. The smallest absolute Gasteiger partial charge is 0.407 e. The predicted molar refractivity (Wildman–Crippen MR) is 112 cm³/mol. The number of carboxylic acids is 1. The van der Waals surface area contributed by atoms with Gasteiger partial charge in [-0.2, -0.15) is 0 Å². The van der Waals surface area contributed by atoms with E-state index in [4.69, 9.17) is 4.74 Å². The van der Waals surface area contributed by atoms with Crippen molar-refractivity contribution < 1.29 is 24.2 Å². The van der Waals surface area contributed by atoms with Crippen molar-refractivity contribution in [2.75, 3.05) is 6.61 Å². The topological polar surface area (TPSA) is 105 Å². The van der Waals surface area contributed by atoms with E-state index in [2.05, 4.69) is 10.6 Å². The van der Waals surface area contributed by atoms with Crippen LogP contribution in [0.25, 0.3) is 11.1 Å². The maximum Gasteiger partial charge on any atom is 0.407 e. The van der Waals surface area contributed by atoms with Crippen molar-refractivity contribution >= 4 is 18.0 Å². The van der Waals surface area contributed by atoms with Crippen molar-refractivity contribution in [2.24, 2.45) is 5.92 Å². The van der Waals surface area contributed by atoms with Crippen LogP contribution in [0.5, 0.6) is 0 Å². The number of alkyl carbamates (subject to hydrolysis) is 1. The highest BCUT2D eigenvalue weighted by molar-refractivity contribution is 5.89. The monoisotopic (exact) mass is 410 g/mol. The van der Waals surface area contributed by atoms with Gasteiger partial charge >= 0.3 is 12.1 Å². The minimum atomic E-state index is -1.12. The molecule has 2 amide bonds. The van der Waals surface area contributed by atoms with E-state index < -0.39 is 30.1 Å². The third-order valence-corrected chi connectivity index (χ3v) is 5.30. The highest BCUT2D eigenvalue weighted by atomic mass is 16.5. The second-order valence-electron chi connectivity index (χ2n) is 7.76. The average Bonchev–Trinajstić information content (AvgIpc) is 3.03. The summed E-state index contributed by atoms with van der Waals surface area (Å²) in [5.74, 6) is -2.06. The minimum absolute atomic E-state index is 0.0791. The summed E-state index contributed by atoms with van der Waals surface area (Å²) >= 11 is 0. The SMILES string of the molecule is CC(C)[C@@H](NC(=O)[C@H](C)NC(=O)OCC1c2ccccc2-c2ccccc21)C(=O)O. The summed E-state index contributed by atoms with van der Waals surface area (Å²) < 4.78 is 5.41. The van der Waals surface area contributed by atoms with Crippen LogP contribution in [0.1, 0.15) is 37.8 Å². The van der Waals surface area contributed by atoms with E-state index in [1.165, 1.54) is 6.92 Å². The summed E-state index contributed by atoms with van der Waals surface area (Å²) in [6, 6.07) is 14.1. The third-order valence-electron chi connectivity index (χ3n) is 5.30. The first-order valence-electron chi connectivity index (χ1n) is 9.94. The molecule has 0 fully saturated rings.